The Morgan fingerprint density at radius 1 is 1.08 bits per heavy atom. The van der Waals surface area contributed by atoms with Gasteiger partial charge in [-0.1, -0.05) is 6.07 Å². The first-order valence-electron chi connectivity index (χ1n) is 12.5. The van der Waals surface area contributed by atoms with Crippen molar-refractivity contribution >= 4 is 39.1 Å². The van der Waals surface area contributed by atoms with Crippen molar-refractivity contribution in [1.29, 1.82) is 0 Å². The number of hydrogen-bond donors (Lipinski definition) is 2. The van der Waals surface area contributed by atoms with Crippen LogP contribution in [0.1, 0.15) is 30.0 Å². The molecule has 0 atom stereocenters. The molecule has 39 heavy (non-hydrogen) atoms. The molecule has 2 amide bonds. The summed E-state index contributed by atoms with van der Waals surface area (Å²) < 4.78 is 18.8. The van der Waals surface area contributed by atoms with Crippen molar-refractivity contribution in [3.63, 3.8) is 0 Å². The number of fused-ring (bicyclic) bond motifs is 1. The van der Waals surface area contributed by atoms with Gasteiger partial charge in [0.1, 0.15) is 5.82 Å². The molecule has 4 aromatic rings. The van der Waals surface area contributed by atoms with Gasteiger partial charge >= 0.3 is 6.03 Å². The Balaban J connectivity index is 1.27. The van der Waals surface area contributed by atoms with Gasteiger partial charge < -0.3 is 29.7 Å². The minimum atomic E-state index is -0.177. The maximum absolute atomic E-state index is 13.1. The van der Waals surface area contributed by atoms with E-state index >= 15 is 0 Å². The fourth-order valence-corrected chi connectivity index (χ4v) is 5.07. The zero-order chi connectivity index (χ0) is 27.4. The fourth-order valence-electron chi connectivity index (χ4n) is 4.72. The summed E-state index contributed by atoms with van der Waals surface area (Å²) in [6.07, 6.45) is 6.93. The molecule has 0 saturated carbocycles. The molecule has 0 spiro atoms. The molecule has 3 aromatic heterocycles. The van der Waals surface area contributed by atoms with Crippen molar-refractivity contribution in [2.75, 3.05) is 45.1 Å². The van der Waals surface area contributed by atoms with E-state index in [-0.39, 0.29) is 11.9 Å². The molecule has 0 unspecified atom stereocenters. The molecule has 2 N–H and O–H groups in total. The van der Waals surface area contributed by atoms with Gasteiger partial charge in [0.25, 0.3) is 0 Å². The molecule has 0 radical (unpaired) electrons. The summed E-state index contributed by atoms with van der Waals surface area (Å²) in [5.74, 6) is 2.49. The van der Waals surface area contributed by atoms with E-state index < -0.39 is 0 Å². The van der Waals surface area contributed by atoms with E-state index in [9.17, 15) is 4.79 Å². The summed E-state index contributed by atoms with van der Waals surface area (Å²) in [5, 5.41) is 10.9. The van der Waals surface area contributed by atoms with Crippen LogP contribution in [0.2, 0.25) is 0 Å². The monoisotopic (exact) mass is 595 g/mol. The molecule has 5 rings (SSSR count). The van der Waals surface area contributed by atoms with Crippen molar-refractivity contribution in [3.8, 4) is 17.2 Å². The third-order valence-electron chi connectivity index (χ3n) is 6.76. The van der Waals surface area contributed by atoms with Crippen LogP contribution in [-0.4, -0.2) is 64.9 Å². The topological polar surface area (TPSA) is 115 Å². The Morgan fingerprint density at radius 2 is 1.82 bits per heavy atom. The lowest BCUT2D eigenvalue weighted by Gasteiger charge is -2.32. The maximum Gasteiger partial charge on any atom is 0.321 e. The number of rotatable bonds is 8. The number of aromatic nitrogens is 4. The van der Waals surface area contributed by atoms with Gasteiger partial charge in [-0.2, -0.15) is 9.61 Å². The third kappa shape index (κ3) is 5.70. The highest BCUT2D eigenvalue weighted by Gasteiger charge is 2.26. The maximum atomic E-state index is 13.1. The second kappa shape index (κ2) is 11.8. The van der Waals surface area contributed by atoms with E-state index in [0.717, 1.165) is 40.0 Å². The van der Waals surface area contributed by atoms with E-state index in [1.54, 1.807) is 50.4 Å². The van der Waals surface area contributed by atoms with Gasteiger partial charge in [0.2, 0.25) is 5.75 Å². The van der Waals surface area contributed by atoms with Gasteiger partial charge in [0.15, 0.2) is 17.1 Å². The number of anilines is 2. The minimum absolute atomic E-state index is 0.177. The number of piperidine rings is 1. The first-order chi connectivity index (χ1) is 19.0. The summed E-state index contributed by atoms with van der Waals surface area (Å²) in [4.78, 5) is 24.0. The van der Waals surface area contributed by atoms with E-state index in [2.05, 4.69) is 42.7 Å². The average Bonchev–Trinajstić information content (AvgIpc) is 3.36. The number of halogens is 1. The molecule has 0 aliphatic carbocycles. The molecule has 1 saturated heterocycles. The second-order valence-corrected chi connectivity index (χ2v) is 9.97. The number of likely N-dealkylation sites (tertiary alicyclic amines) is 1. The lowest BCUT2D eigenvalue weighted by atomic mass is 9.93. The average molecular weight is 596 g/mol. The molecule has 1 aromatic carbocycles. The molecule has 11 nitrogen and oxygen atoms in total. The number of nitrogens with zero attached hydrogens (tertiary/aromatic N) is 5. The van der Waals surface area contributed by atoms with Crippen LogP contribution in [0.25, 0.3) is 5.65 Å². The quantitative estimate of drug-likeness (QED) is 0.294. The Labute approximate surface area is 234 Å². The van der Waals surface area contributed by atoms with Gasteiger partial charge in [0, 0.05) is 61.8 Å². The Kier molecular flexibility index (Phi) is 8.01. The largest absolute Gasteiger partial charge is 0.493 e. The molecule has 4 heterocycles. The van der Waals surface area contributed by atoms with E-state index in [1.165, 1.54) is 0 Å². The lowest BCUT2D eigenvalue weighted by Crippen LogP contribution is -2.40. The van der Waals surface area contributed by atoms with Crippen LogP contribution in [0.4, 0.5) is 16.3 Å². The van der Waals surface area contributed by atoms with Gasteiger partial charge in [0.05, 0.1) is 37.7 Å². The van der Waals surface area contributed by atoms with Crippen molar-refractivity contribution in [2.24, 2.45) is 0 Å². The summed E-state index contributed by atoms with van der Waals surface area (Å²) in [6, 6.07) is 9.25. The van der Waals surface area contributed by atoms with Crippen LogP contribution in [0.15, 0.2) is 53.4 Å². The number of carbonyl (C=O) groups excluding carboxylic acids is 1. The Bertz CT molecular complexity index is 1430. The summed E-state index contributed by atoms with van der Waals surface area (Å²) in [7, 11) is 4.63. The number of amides is 2. The summed E-state index contributed by atoms with van der Waals surface area (Å²) in [6.45, 7) is 1.82. The molecule has 1 fully saturated rings. The number of urea groups is 1. The highest BCUT2D eigenvalue weighted by atomic mass is 79.9. The molecule has 204 valence electrons. The number of benzene rings is 1. The van der Waals surface area contributed by atoms with Crippen LogP contribution in [0.5, 0.6) is 17.2 Å². The van der Waals surface area contributed by atoms with Crippen LogP contribution in [-0.2, 0) is 6.54 Å². The zero-order valence-electron chi connectivity index (χ0n) is 22.0. The van der Waals surface area contributed by atoms with Crippen LogP contribution >= 0.6 is 15.9 Å². The van der Waals surface area contributed by atoms with Crippen molar-refractivity contribution in [3.05, 3.63) is 64.7 Å². The smallest absolute Gasteiger partial charge is 0.321 e. The van der Waals surface area contributed by atoms with E-state index in [1.807, 2.05) is 23.2 Å². The number of pyridine rings is 1. The highest BCUT2D eigenvalue weighted by Crippen LogP contribution is 2.40. The van der Waals surface area contributed by atoms with Gasteiger partial charge in [-0.15, -0.1) is 0 Å². The number of methoxy groups -OCH3 is 3. The SMILES string of the molecule is COc1cc(NC(=O)N2CCC(c3cc(NCc4cccnc4)n4ncc(Br)c4n3)CC2)cc(OC)c1OC. The fraction of sp³-hybridized carbons (Fsp3) is 0.333. The molecular formula is C27H30BrN7O4. The first-order valence-corrected chi connectivity index (χ1v) is 13.3. The summed E-state index contributed by atoms with van der Waals surface area (Å²) in [5.41, 5.74) is 3.37. The molecular weight excluding hydrogens is 566 g/mol. The lowest BCUT2D eigenvalue weighted by molar-refractivity contribution is 0.194. The van der Waals surface area contributed by atoms with Crippen LogP contribution in [0.3, 0.4) is 0 Å². The molecule has 12 heteroatoms. The Morgan fingerprint density at radius 3 is 2.46 bits per heavy atom. The molecule has 1 aliphatic rings. The van der Waals surface area contributed by atoms with E-state index in [0.29, 0.717) is 42.6 Å². The van der Waals surface area contributed by atoms with Crippen molar-refractivity contribution in [2.45, 2.75) is 25.3 Å². The van der Waals surface area contributed by atoms with E-state index in [4.69, 9.17) is 19.2 Å². The van der Waals surface area contributed by atoms with Crippen molar-refractivity contribution in [1.82, 2.24) is 24.5 Å². The first kappa shape index (κ1) is 26.5. The third-order valence-corrected chi connectivity index (χ3v) is 7.32. The van der Waals surface area contributed by atoms with Crippen LogP contribution in [0, 0.1) is 0 Å². The highest BCUT2D eigenvalue weighted by molar-refractivity contribution is 9.10. The standard InChI is InChI=1S/C27H30BrN7O4/c1-37-22-11-19(12-23(38-2)25(22)39-3)32-27(36)34-9-6-18(7-10-34)21-13-24(30-15-17-5-4-8-29-14-17)35-26(33-21)20(28)16-31-35/h4-5,8,11-14,16,18,30H,6-7,9-10,15H2,1-3H3,(H,32,36). The number of carbonyl (C=O) groups is 1. The summed E-state index contributed by atoms with van der Waals surface area (Å²) >= 11 is 3.57. The van der Waals surface area contributed by atoms with Crippen molar-refractivity contribution < 1.29 is 19.0 Å². The number of hydrogen-bond acceptors (Lipinski definition) is 8. The predicted octanol–water partition coefficient (Wildman–Crippen LogP) is 4.94. The predicted molar refractivity (Wildman–Crippen MR) is 151 cm³/mol. The van der Waals surface area contributed by atoms with Gasteiger partial charge in [-0.3, -0.25) is 4.98 Å². The zero-order valence-corrected chi connectivity index (χ0v) is 23.6. The van der Waals surface area contributed by atoms with Crippen LogP contribution < -0.4 is 24.8 Å². The normalized spacial score (nSPS) is 13.8. The Hall–Kier alpha value is -4.06. The molecule has 1 aliphatic heterocycles. The molecule has 0 bridgehead atoms. The second-order valence-electron chi connectivity index (χ2n) is 9.11. The number of ether oxygens (including phenoxy) is 3. The van der Waals surface area contributed by atoms with Gasteiger partial charge in [-0.25, -0.2) is 9.78 Å². The minimum Gasteiger partial charge on any atom is -0.493 e. The number of nitrogens with one attached hydrogen (secondary N) is 2. The van der Waals surface area contributed by atoms with Gasteiger partial charge in [-0.05, 0) is 40.4 Å².